The number of Topliss-reactive ketones (excluding diaryl/α,β-unsaturated/α-hetero) is 1. The smallest absolute Gasteiger partial charge is 0.295 e. The number of benzene rings is 2. The molecule has 1 heterocycles. The van der Waals surface area contributed by atoms with Crippen molar-refractivity contribution in [3.63, 3.8) is 0 Å². The molecule has 37 heavy (non-hydrogen) atoms. The van der Waals surface area contributed by atoms with Gasteiger partial charge in [-0.05, 0) is 66.7 Å². The molecule has 2 aromatic rings. The Balaban J connectivity index is 2.09. The van der Waals surface area contributed by atoms with Crippen molar-refractivity contribution in [1.29, 1.82) is 0 Å². The monoisotopic (exact) mass is 506 g/mol. The van der Waals surface area contributed by atoms with Crippen molar-refractivity contribution in [2.75, 3.05) is 32.8 Å². The lowest BCUT2D eigenvalue weighted by molar-refractivity contribution is -0.140. The van der Waals surface area contributed by atoms with Gasteiger partial charge in [0, 0.05) is 18.7 Å². The van der Waals surface area contributed by atoms with Gasteiger partial charge in [-0.25, -0.2) is 0 Å². The molecule has 1 aliphatic rings. The normalized spacial score (nSPS) is 17.6. The highest BCUT2D eigenvalue weighted by atomic mass is 16.5. The van der Waals surface area contributed by atoms with Crippen molar-refractivity contribution in [1.82, 2.24) is 9.80 Å². The highest BCUT2D eigenvalue weighted by molar-refractivity contribution is 6.46. The van der Waals surface area contributed by atoms with Gasteiger partial charge in [0.05, 0.1) is 18.2 Å². The van der Waals surface area contributed by atoms with Gasteiger partial charge < -0.3 is 19.6 Å². The van der Waals surface area contributed by atoms with Crippen LogP contribution in [0.2, 0.25) is 0 Å². The second kappa shape index (κ2) is 12.0. The van der Waals surface area contributed by atoms with Gasteiger partial charge >= 0.3 is 0 Å². The molecule has 1 saturated heterocycles. The minimum absolute atomic E-state index is 0.0256. The van der Waals surface area contributed by atoms with Crippen LogP contribution in [0.15, 0.2) is 48.0 Å². The first-order valence-corrected chi connectivity index (χ1v) is 13.4. The summed E-state index contributed by atoms with van der Waals surface area (Å²) in [7, 11) is 0. The molecule has 1 fully saturated rings. The van der Waals surface area contributed by atoms with Crippen LogP contribution in [0.4, 0.5) is 0 Å². The van der Waals surface area contributed by atoms with Crippen LogP contribution in [0.5, 0.6) is 5.75 Å². The zero-order valence-corrected chi connectivity index (χ0v) is 23.4. The van der Waals surface area contributed by atoms with Crippen LogP contribution in [0, 0.1) is 6.92 Å². The van der Waals surface area contributed by atoms with E-state index in [0.717, 1.165) is 42.0 Å². The Morgan fingerprint density at radius 2 is 1.68 bits per heavy atom. The summed E-state index contributed by atoms with van der Waals surface area (Å²) in [4.78, 5) is 30.5. The number of aliphatic hydroxyl groups is 1. The van der Waals surface area contributed by atoms with E-state index >= 15 is 0 Å². The van der Waals surface area contributed by atoms with Gasteiger partial charge in [-0.15, -0.1) is 0 Å². The van der Waals surface area contributed by atoms with E-state index in [-0.39, 0.29) is 16.7 Å². The van der Waals surface area contributed by atoms with Gasteiger partial charge in [-0.3, -0.25) is 9.59 Å². The maximum atomic E-state index is 13.4. The third-order valence-corrected chi connectivity index (χ3v) is 7.09. The van der Waals surface area contributed by atoms with E-state index < -0.39 is 17.7 Å². The molecule has 0 saturated carbocycles. The Morgan fingerprint density at radius 3 is 2.22 bits per heavy atom. The van der Waals surface area contributed by atoms with Crippen molar-refractivity contribution in [3.05, 3.63) is 70.3 Å². The summed E-state index contributed by atoms with van der Waals surface area (Å²) in [6, 6.07) is 12.8. The third kappa shape index (κ3) is 6.24. The van der Waals surface area contributed by atoms with Gasteiger partial charge in [0.15, 0.2) is 0 Å². The molecule has 0 bridgehead atoms. The van der Waals surface area contributed by atoms with E-state index in [1.54, 1.807) is 11.0 Å². The van der Waals surface area contributed by atoms with Gasteiger partial charge in [-0.1, -0.05) is 65.8 Å². The summed E-state index contributed by atoms with van der Waals surface area (Å²) < 4.78 is 5.77. The maximum absolute atomic E-state index is 13.4. The van der Waals surface area contributed by atoms with Crippen LogP contribution in [-0.2, 0) is 15.0 Å². The molecule has 1 atom stereocenters. The molecular weight excluding hydrogens is 464 g/mol. The van der Waals surface area contributed by atoms with Crippen LogP contribution in [-0.4, -0.2) is 59.4 Å². The average Bonchev–Trinajstić information content (AvgIpc) is 3.12. The van der Waals surface area contributed by atoms with Gasteiger partial charge in [-0.2, -0.15) is 0 Å². The predicted molar refractivity (Wildman–Crippen MR) is 149 cm³/mol. The standard InChI is InChI=1S/C31H42N2O4/c1-8-19-37-25-16-13-23(20-21(25)4)28(34)26-27(22-11-14-24(15-12-22)31(5,6)7)33(30(36)29(26)35)18-17-32(9-2)10-3/h11-16,20,27,34H,8-10,17-19H2,1-7H3/t27-/m0/s1. The minimum Gasteiger partial charge on any atom is -0.507 e. The molecule has 1 aliphatic heterocycles. The number of likely N-dealkylation sites (tertiary alicyclic amines) is 1. The second-order valence-corrected chi connectivity index (χ2v) is 10.7. The van der Waals surface area contributed by atoms with E-state index in [9.17, 15) is 14.7 Å². The highest BCUT2D eigenvalue weighted by Crippen LogP contribution is 2.40. The molecule has 0 radical (unpaired) electrons. The van der Waals surface area contributed by atoms with Crippen LogP contribution in [0.1, 0.15) is 76.3 Å². The number of nitrogens with zero attached hydrogens (tertiary/aromatic N) is 2. The Bertz CT molecular complexity index is 1140. The van der Waals surface area contributed by atoms with Gasteiger partial charge in [0.1, 0.15) is 11.5 Å². The van der Waals surface area contributed by atoms with Crippen molar-refractivity contribution >= 4 is 17.4 Å². The SMILES string of the molecule is CCCOc1ccc(C(O)=C2C(=O)C(=O)N(CCN(CC)CC)[C@H]2c2ccc(C(C)(C)C)cc2)cc1C. The average molecular weight is 507 g/mol. The minimum atomic E-state index is -0.652. The molecule has 1 amide bonds. The number of amides is 1. The number of aryl methyl sites for hydroxylation is 1. The van der Waals surface area contributed by atoms with Crippen LogP contribution in [0.3, 0.4) is 0 Å². The number of likely N-dealkylation sites (N-methyl/N-ethyl adjacent to an activating group) is 1. The lowest BCUT2D eigenvalue weighted by Crippen LogP contribution is -2.38. The molecule has 6 nitrogen and oxygen atoms in total. The Kier molecular flexibility index (Phi) is 9.19. The highest BCUT2D eigenvalue weighted by Gasteiger charge is 2.46. The molecular formula is C31H42N2O4. The maximum Gasteiger partial charge on any atom is 0.295 e. The summed E-state index contributed by atoms with van der Waals surface area (Å²) in [6.45, 7) is 17.9. The van der Waals surface area contributed by atoms with E-state index in [0.29, 0.717) is 25.3 Å². The lowest BCUT2D eigenvalue weighted by Gasteiger charge is -2.28. The lowest BCUT2D eigenvalue weighted by atomic mass is 9.85. The molecule has 0 spiro atoms. The van der Waals surface area contributed by atoms with Crippen molar-refractivity contribution in [2.24, 2.45) is 0 Å². The number of hydrogen-bond acceptors (Lipinski definition) is 5. The van der Waals surface area contributed by atoms with Gasteiger partial charge in [0.2, 0.25) is 0 Å². The first-order valence-electron chi connectivity index (χ1n) is 13.4. The Labute approximate surface area is 221 Å². The van der Waals surface area contributed by atoms with E-state index in [4.69, 9.17) is 4.74 Å². The molecule has 0 unspecified atom stereocenters. The molecule has 2 aromatic carbocycles. The largest absolute Gasteiger partial charge is 0.507 e. The Hall–Kier alpha value is -3.12. The second-order valence-electron chi connectivity index (χ2n) is 10.7. The van der Waals surface area contributed by atoms with Crippen LogP contribution < -0.4 is 4.74 Å². The first kappa shape index (κ1) is 28.5. The van der Waals surface area contributed by atoms with Crippen LogP contribution in [0.25, 0.3) is 5.76 Å². The Morgan fingerprint density at radius 1 is 1.03 bits per heavy atom. The van der Waals surface area contributed by atoms with Crippen molar-refractivity contribution < 1.29 is 19.4 Å². The summed E-state index contributed by atoms with van der Waals surface area (Å²) >= 11 is 0. The molecule has 0 aromatic heterocycles. The number of carbonyl (C=O) groups is 2. The number of ketones is 1. The molecule has 6 heteroatoms. The summed E-state index contributed by atoms with van der Waals surface area (Å²) in [5.74, 6) is -0.629. The third-order valence-electron chi connectivity index (χ3n) is 7.09. The number of ether oxygens (including phenoxy) is 1. The fraction of sp³-hybridized carbons (Fsp3) is 0.484. The predicted octanol–water partition coefficient (Wildman–Crippen LogP) is 5.84. The number of carbonyl (C=O) groups excluding carboxylic acids is 2. The molecule has 3 rings (SSSR count). The quantitative estimate of drug-likeness (QED) is 0.249. The topological polar surface area (TPSA) is 70.1 Å². The number of hydrogen-bond donors (Lipinski definition) is 1. The zero-order chi connectivity index (χ0) is 27.3. The van der Waals surface area contributed by atoms with Crippen molar-refractivity contribution in [3.8, 4) is 5.75 Å². The molecule has 200 valence electrons. The van der Waals surface area contributed by atoms with E-state index in [1.807, 2.05) is 50.2 Å². The summed E-state index contributed by atoms with van der Waals surface area (Å²) in [5.41, 5.74) is 3.44. The fourth-order valence-electron chi connectivity index (χ4n) is 4.74. The molecule has 0 aliphatic carbocycles. The molecule has 1 N–H and O–H groups in total. The fourth-order valence-corrected chi connectivity index (χ4v) is 4.74. The van der Waals surface area contributed by atoms with E-state index in [1.165, 1.54) is 0 Å². The summed E-state index contributed by atoms with van der Waals surface area (Å²) in [6.07, 6.45) is 0.895. The van der Waals surface area contributed by atoms with E-state index in [2.05, 4.69) is 39.5 Å². The zero-order valence-electron chi connectivity index (χ0n) is 23.4. The van der Waals surface area contributed by atoms with Gasteiger partial charge in [0.25, 0.3) is 11.7 Å². The summed E-state index contributed by atoms with van der Waals surface area (Å²) in [5, 5.41) is 11.4. The van der Waals surface area contributed by atoms with Crippen molar-refractivity contribution in [2.45, 2.75) is 66.3 Å². The number of aliphatic hydroxyl groups excluding tert-OH is 1. The van der Waals surface area contributed by atoms with Crippen LogP contribution >= 0.6 is 0 Å². The first-order chi connectivity index (χ1) is 17.5. The number of rotatable bonds is 10.